The average molecular weight is 381 g/mol. The summed E-state index contributed by atoms with van der Waals surface area (Å²) in [6, 6.07) is 5.26. The number of carbonyl (C=O) groups is 2. The van der Waals surface area contributed by atoms with Crippen molar-refractivity contribution in [3.05, 3.63) is 33.8 Å². The Morgan fingerprint density at radius 2 is 1.78 bits per heavy atom. The van der Waals surface area contributed by atoms with Crippen molar-refractivity contribution in [1.82, 2.24) is 0 Å². The van der Waals surface area contributed by atoms with Gasteiger partial charge in [0, 0.05) is 12.8 Å². The Morgan fingerprint density at radius 3 is 2.35 bits per heavy atom. The molecule has 0 atom stereocenters. The van der Waals surface area contributed by atoms with Crippen LogP contribution < -0.4 is 4.74 Å². The summed E-state index contributed by atoms with van der Waals surface area (Å²) < 4.78 is 16.8. The fraction of sp³-hybridized carbons (Fsp3) is 0.412. The Hall–Kier alpha value is -1.82. The molecule has 1 heterocycles. The number of methoxy groups -OCH3 is 1. The first kappa shape index (κ1) is 16.1. The van der Waals surface area contributed by atoms with Crippen molar-refractivity contribution < 1.29 is 23.8 Å². The van der Waals surface area contributed by atoms with Gasteiger partial charge in [-0.1, -0.05) is 12.5 Å². The largest absolute Gasteiger partial charge is 0.496 e. The third-order valence-electron chi connectivity index (χ3n) is 4.10. The SMILES string of the molecule is COc1ccc(C=C2C(=O)OC3(CCCCC3)OC2=O)cc1Br. The lowest BCUT2D eigenvalue weighted by molar-refractivity contribution is -0.244. The van der Waals surface area contributed by atoms with E-state index in [0.717, 1.165) is 23.7 Å². The lowest BCUT2D eigenvalue weighted by Crippen LogP contribution is -2.47. The van der Waals surface area contributed by atoms with E-state index in [1.165, 1.54) is 6.08 Å². The van der Waals surface area contributed by atoms with E-state index in [0.29, 0.717) is 24.2 Å². The maximum Gasteiger partial charge on any atom is 0.348 e. The van der Waals surface area contributed by atoms with Gasteiger partial charge in [-0.05, 0) is 52.5 Å². The first-order valence-corrected chi connectivity index (χ1v) is 8.34. The van der Waals surface area contributed by atoms with Gasteiger partial charge >= 0.3 is 11.9 Å². The van der Waals surface area contributed by atoms with E-state index >= 15 is 0 Å². The molecule has 0 radical (unpaired) electrons. The molecule has 6 heteroatoms. The molecule has 3 rings (SSSR count). The zero-order valence-corrected chi connectivity index (χ0v) is 14.4. The molecule has 0 bridgehead atoms. The first-order chi connectivity index (χ1) is 11.0. The number of carbonyl (C=O) groups excluding carboxylic acids is 2. The Balaban J connectivity index is 1.84. The summed E-state index contributed by atoms with van der Waals surface area (Å²) in [5.74, 6) is -1.61. The average Bonchev–Trinajstić information content (AvgIpc) is 2.52. The van der Waals surface area contributed by atoms with Crippen LogP contribution in [0.15, 0.2) is 28.2 Å². The smallest absolute Gasteiger partial charge is 0.348 e. The molecule has 0 unspecified atom stereocenters. The maximum atomic E-state index is 12.3. The number of esters is 2. The van der Waals surface area contributed by atoms with Crippen LogP contribution in [0.4, 0.5) is 0 Å². The molecule has 5 nitrogen and oxygen atoms in total. The molecule has 1 aromatic carbocycles. The van der Waals surface area contributed by atoms with Crippen LogP contribution in [0.2, 0.25) is 0 Å². The number of hydrogen-bond donors (Lipinski definition) is 0. The van der Waals surface area contributed by atoms with E-state index in [2.05, 4.69) is 15.9 Å². The minimum Gasteiger partial charge on any atom is -0.496 e. The van der Waals surface area contributed by atoms with Crippen LogP contribution >= 0.6 is 15.9 Å². The molecule has 122 valence electrons. The van der Waals surface area contributed by atoms with Gasteiger partial charge in [0.1, 0.15) is 11.3 Å². The van der Waals surface area contributed by atoms with Gasteiger partial charge in [-0.2, -0.15) is 0 Å². The fourth-order valence-electron chi connectivity index (χ4n) is 2.90. The van der Waals surface area contributed by atoms with Gasteiger partial charge < -0.3 is 14.2 Å². The molecule has 1 aliphatic carbocycles. The zero-order chi connectivity index (χ0) is 16.4. The molecule has 23 heavy (non-hydrogen) atoms. The van der Waals surface area contributed by atoms with Crippen molar-refractivity contribution in [3.63, 3.8) is 0 Å². The van der Waals surface area contributed by atoms with Gasteiger partial charge in [-0.25, -0.2) is 9.59 Å². The second-order valence-electron chi connectivity index (χ2n) is 5.70. The number of hydrogen-bond acceptors (Lipinski definition) is 5. The fourth-order valence-corrected chi connectivity index (χ4v) is 3.46. The number of rotatable bonds is 2. The highest BCUT2D eigenvalue weighted by Crippen LogP contribution is 2.37. The first-order valence-electron chi connectivity index (χ1n) is 7.55. The molecule has 0 N–H and O–H groups in total. The summed E-state index contributed by atoms with van der Waals surface area (Å²) in [6.45, 7) is 0. The van der Waals surface area contributed by atoms with Gasteiger partial charge in [0.2, 0.25) is 0 Å². The number of halogens is 1. The third kappa shape index (κ3) is 3.27. The summed E-state index contributed by atoms with van der Waals surface area (Å²) in [4.78, 5) is 24.5. The second kappa shape index (κ2) is 6.35. The van der Waals surface area contributed by atoms with Gasteiger partial charge in [-0.3, -0.25) is 0 Å². The van der Waals surface area contributed by atoms with Crippen molar-refractivity contribution in [2.24, 2.45) is 0 Å². The predicted octanol–water partition coefficient (Wildman–Crippen LogP) is 3.60. The molecule has 1 aliphatic heterocycles. The second-order valence-corrected chi connectivity index (χ2v) is 6.56. The lowest BCUT2D eigenvalue weighted by atomic mass is 9.93. The minimum absolute atomic E-state index is 0.0849. The molecule has 2 aliphatic rings. The van der Waals surface area contributed by atoms with E-state index in [9.17, 15) is 9.59 Å². The molecule has 1 saturated carbocycles. The van der Waals surface area contributed by atoms with Gasteiger partial charge in [-0.15, -0.1) is 0 Å². The highest BCUT2D eigenvalue weighted by Gasteiger charge is 2.46. The highest BCUT2D eigenvalue weighted by atomic mass is 79.9. The standard InChI is InChI=1S/C17H17BrO5/c1-21-14-6-5-11(10-13(14)18)9-12-15(19)22-17(23-16(12)20)7-3-2-4-8-17/h5-6,9-10H,2-4,7-8H2,1H3. The molecule has 0 aromatic heterocycles. The Morgan fingerprint density at radius 1 is 1.13 bits per heavy atom. The van der Waals surface area contributed by atoms with E-state index in [4.69, 9.17) is 14.2 Å². The third-order valence-corrected chi connectivity index (χ3v) is 4.72. The lowest BCUT2D eigenvalue weighted by Gasteiger charge is -2.38. The molecule has 1 spiro atoms. The number of ether oxygens (including phenoxy) is 3. The van der Waals surface area contributed by atoms with Crippen LogP contribution in [-0.4, -0.2) is 24.8 Å². The van der Waals surface area contributed by atoms with E-state index in [1.54, 1.807) is 25.3 Å². The summed E-state index contributed by atoms with van der Waals surface area (Å²) in [5.41, 5.74) is 0.597. The monoisotopic (exact) mass is 380 g/mol. The van der Waals surface area contributed by atoms with Crippen molar-refractivity contribution in [3.8, 4) is 5.75 Å². The van der Waals surface area contributed by atoms with Gasteiger partial charge in [0.15, 0.2) is 0 Å². The van der Waals surface area contributed by atoms with Crippen LogP contribution in [0.1, 0.15) is 37.7 Å². The van der Waals surface area contributed by atoms with Gasteiger partial charge in [0.25, 0.3) is 5.79 Å². The normalized spacial score (nSPS) is 20.0. The van der Waals surface area contributed by atoms with Crippen LogP contribution in [-0.2, 0) is 19.1 Å². The van der Waals surface area contributed by atoms with Crippen LogP contribution in [0.25, 0.3) is 6.08 Å². The Kier molecular flexibility index (Phi) is 4.43. The molecule has 1 aromatic rings. The van der Waals surface area contributed by atoms with Crippen molar-refractivity contribution in [1.29, 1.82) is 0 Å². The van der Waals surface area contributed by atoms with Crippen molar-refractivity contribution >= 4 is 33.9 Å². The summed E-state index contributed by atoms with van der Waals surface area (Å²) in [6.07, 6.45) is 5.48. The Labute approximate surface area is 142 Å². The summed E-state index contributed by atoms with van der Waals surface area (Å²) in [7, 11) is 1.57. The maximum absolute atomic E-state index is 12.3. The summed E-state index contributed by atoms with van der Waals surface area (Å²) >= 11 is 3.37. The summed E-state index contributed by atoms with van der Waals surface area (Å²) in [5, 5.41) is 0. The zero-order valence-electron chi connectivity index (χ0n) is 12.8. The quantitative estimate of drug-likeness (QED) is 0.445. The molecule has 2 fully saturated rings. The van der Waals surface area contributed by atoms with Crippen LogP contribution in [0, 0.1) is 0 Å². The number of benzene rings is 1. The van der Waals surface area contributed by atoms with Crippen molar-refractivity contribution in [2.45, 2.75) is 37.9 Å². The Bertz CT molecular complexity index is 652. The molecular weight excluding hydrogens is 364 g/mol. The predicted molar refractivity (Wildman–Crippen MR) is 86.7 cm³/mol. The van der Waals surface area contributed by atoms with Crippen LogP contribution in [0.3, 0.4) is 0 Å². The van der Waals surface area contributed by atoms with Crippen molar-refractivity contribution in [2.75, 3.05) is 7.11 Å². The molecule has 1 saturated heterocycles. The topological polar surface area (TPSA) is 61.8 Å². The van der Waals surface area contributed by atoms with Gasteiger partial charge in [0.05, 0.1) is 11.6 Å². The van der Waals surface area contributed by atoms with E-state index < -0.39 is 17.7 Å². The highest BCUT2D eigenvalue weighted by molar-refractivity contribution is 9.10. The minimum atomic E-state index is -1.05. The van der Waals surface area contributed by atoms with Crippen LogP contribution in [0.5, 0.6) is 5.75 Å². The molecular formula is C17H17BrO5. The van der Waals surface area contributed by atoms with E-state index in [1.807, 2.05) is 0 Å². The molecule has 0 amide bonds. The van der Waals surface area contributed by atoms with E-state index in [-0.39, 0.29) is 5.57 Å².